The minimum atomic E-state index is 0.705. The van der Waals surface area contributed by atoms with E-state index in [0.717, 1.165) is 49.3 Å². The van der Waals surface area contributed by atoms with Crippen molar-refractivity contribution in [3.8, 4) is 6.07 Å². The molecular weight excluding hydrogens is 314 g/mol. The maximum absolute atomic E-state index is 9.06. The normalized spacial score (nSPS) is 10.6. The molecule has 1 rings (SSSR count). The highest BCUT2D eigenvalue weighted by atomic mass is 79.9. The summed E-state index contributed by atoms with van der Waals surface area (Å²) in [5.74, 6) is 0. The van der Waals surface area contributed by atoms with Gasteiger partial charge in [-0.05, 0) is 51.2 Å². The Morgan fingerprint density at radius 3 is 2.30 bits per heavy atom. The fraction of sp³-hybridized carbons (Fsp3) is 0.562. The van der Waals surface area contributed by atoms with Crippen molar-refractivity contribution < 1.29 is 0 Å². The first-order chi connectivity index (χ1) is 9.64. The van der Waals surface area contributed by atoms with Gasteiger partial charge in [0.1, 0.15) is 0 Å². The third-order valence-corrected chi connectivity index (χ3v) is 4.01. The van der Waals surface area contributed by atoms with Crippen LogP contribution in [0.4, 0.5) is 5.69 Å². The standard InChI is InChI=1S/C16H24BrN3/c1-4-19(5-2)8-7-9-20(6-3)16-11-14(13-18)10-15(17)12-16/h10-12H,4-9H2,1-3H3. The van der Waals surface area contributed by atoms with Crippen LogP contribution in [-0.2, 0) is 0 Å². The minimum absolute atomic E-state index is 0.705. The Kier molecular flexibility index (Phi) is 7.64. The molecule has 0 heterocycles. The summed E-state index contributed by atoms with van der Waals surface area (Å²) in [6.45, 7) is 11.9. The van der Waals surface area contributed by atoms with E-state index in [4.69, 9.17) is 5.26 Å². The van der Waals surface area contributed by atoms with Crippen LogP contribution in [0.25, 0.3) is 0 Å². The lowest BCUT2D eigenvalue weighted by molar-refractivity contribution is 0.301. The Bertz CT molecular complexity index is 450. The van der Waals surface area contributed by atoms with Gasteiger partial charge >= 0.3 is 0 Å². The first-order valence-corrected chi connectivity index (χ1v) is 8.11. The van der Waals surface area contributed by atoms with Gasteiger partial charge in [-0.2, -0.15) is 5.26 Å². The molecule has 1 aromatic carbocycles. The highest BCUT2D eigenvalue weighted by Crippen LogP contribution is 2.22. The van der Waals surface area contributed by atoms with Gasteiger partial charge in [-0.3, -0.25) is 0 Å². The molecule has 0 fully saturated rings. The molecule has 0 radical (unpaired) electrons. The number of hydrogen-bond donors (Lipinski definition) is 0. The van der Waals surface area contributed by atoms with Crippen molar-refractivity contribution in [1.29, 1.82) is 5.26 Å². The molecule has 20 heavy (non-hydrogen) atoms. The number of benzene rings is 1. The summed E-state index contributed by atoms with van der Waals surface area (Å²) in [5.41, 5.74) is 1.83. The van der Waals surface area contributed by atoms with E-state index in [1.807, 2.05) is 12.1 Å². The van der Waals surface area contributed by atoms with E-state index in [9.17, 15) is 0 Å². The van der Waals surface area contributed by atoms with E-state index in [-0.39, 0.29) is 0 Å². The van der Waals surface area contributed by atoms with Crippen LogP contribution in [0, 0.1) is 11.3 Å². The molecule has 3 nitrogen and oxygen atoms in total. The second-order valence-electron chi connectivity index (χ2n) is 4.77. The molecule has 0 spiro atoms. The highest BCUT2D eigenvalue weighted by molar-refractivity contribution is 9.10. The summed E-state index contributed by atoms with van der Waals surface area (Å²) in [4.78, 5) is 4.77. The van der Waals surface area contributed by atoms with Crippen LogP contribution in [0.3, 0.4) is 0 Å². The molecule has 0 aliphatic rings. The van der Waals surface area contributed by atoms with Crippen LogP contribution in [0.5, 0.6) is 0 Å². The van der Waals surface area contributed by atoms with Gasteiger partial charge in [-0.1, -0.05) is 29.8 Å². The van der Waals surface area contributed by atoms with Crippen LogP contribution in [0.1, 0.15) is 32.8 Å². The summed E-state index contributed by atoms with van der Waals surface area (Å²) in [7, 11) is 0. The fourth-order valence-electron chi connectivity index (χ4n) is 2.32. The summed E-state index contributed by atoms with van der Waals surface area (Å²) in [6, 6.07) is 8.12. The van der Waals surface area contributed by atoms with Crippen molar-refractivity contribution in [2.24, 2.45) is 0 Å². The first kappa shape index (κ1) is 17.0. The SMILES string of the molecule is CCN(CC)CCCN(CC)c1cc(Br)cc(C#N)c1. The number of rotatable bonds is 8. The first-order valence-electron chi connectivity index (χ1n) is 7.32. The summed E-state index contributed by atoms with van der Waals surface area (Å²) >= 11 is 3.48. The third kappa shape index (κ3) is 5.15. The van der Waals surface area contributed by atoms with E-state index in [2.05, 4.69) is 58.6 Å². The monoisotopic (exact) mass is 337 g/mol. The Morgan fingerprint density at radius 1 is 1.05 bits per heavy atom. The average Bonchev–Trinajstić information content (AvgIpc) is 2.47. The van der Waals surface area contributed by atoms with Crippen molar-refractivity contribution >= 4 is 21.6 Å². The molecule has 0 aliphatic heterocycles. The van der Waals surface area contributed by atoms with E-state index in [1.54, 1.807) is 0 Å². The molecule has 4 heteroatoms. The largest absolute Gasteiger partial charge is 0.372 e. The second kappa shape index (κ2) is 8.99. The van der Waals surface area contributed by atoms with Gasteiger partial charge in [0.05, 0.1) is 11.6 Å². The molecule has 0 saturated carbocycles. The van der Waals surface area contributed by atoms with Crippen molar-refractivity contribution in [3.05, 3.63) is 28.2 Å². The Hall–Kier alpha value is -1.05. The molecule has 0 unspecified atom stereocenters. The van der Waals surface area contributed by atoms with Gasteiger partial charge in [0.25, 0.3) is 0 Å². The van der Waals surface area contributed by atoms with Gasteiger partial charge in [0.2, 0.25) is 0 Å². The molecular formula is C16H24BrN3. The van der Waals surface area contributed by atoms with E-state index >= 15 is 0 Å². The number of nitriles is 1. The lowest BCUT2D eigenvalue weighted by Crippen LogP contribution is -2.30. The molecule has 0 saturated heterocycles. The lowest BCUT2D eigenvalue weighted by atomic mass is 10.2. The molecule has 0 atom stereocenters. The molecule has 0 N–H and O–H groups in total. The second-order valence-corrected chi connectivity index (χ2v) is 5.69. The molecule has 1 aromatic rings. The zero-order valence-electron chi connectivity index (χ0n) is 12.7. The Labute approximate surface area is 131 Å². The predicted molar refractivity (Wildman–Crippen MR) is 89.1 cm³/mol. The maximum Gasteiger partial charge on any atom is 0.0992 e. The average molecular weight is 338 g/mol. The van der Waals surface area contributed by atoms with Crippen molar-refractivity contribution in [3.63, 3.8) is 0 Å². The molecule has 110 valence electrons. The van der Waals surface area contributed by atoms with E-state index in [1.165, 1.54) is 0 Å². The van der Waals surface area contributed by atoms with Crippen LogP contribution in [0.15, 0.2) is 22.7 Å². The number of hydrogen-bond acceptors (Lipinski definition) is 3. The molecule has 0 amide bonds. The van der Waals surface area contributed by atoms with Crippen LogP contribution in [0.2, 0.25) is 0 Å². The summed E-state index contributed by atoms with van der Waals surface area (Å²) in [5, 5.41) is 9.06. The van der Waals surface area contributed by atoms with Gasteiger partial charge < -0.3 is 9.80 Å². The molecule has 0 aromatic heterocycles. The van der Waals surface area contributed by atoms with Crippen molar-refractivity contribution in [2.75, 3.05) is 37.6 Å². The van der Waals surface area contributed by atoms with E-state index < -0.39 is 0 Å². The van der Waals surface area contributed by atoms with Gasteiger partial charge in [0.15, 0.2) is 0 Å². The van der Waals surface area contributed by atoms with Crippen molar-refractivity contribution in [1.82, 2.24) is 4.90 Å². The Balaban J connectivity index is 2.67. The zero-order chi connectivity index (χ0) is 15.0. The quantitative estimate of drug-likeness (QED) is 0.721. The number of nitrogens with zero attached hydrogens (tertiary/aromatic N) is 3. The molecule has 0 aliphatic carbocycles. The summed E-state index contributed by atoms with van der Waals surface area (Å²) < 4.78 is 0.966. The van der Waals surface area contributed by atoms with Crippen LogP contribution in [-0.4, -0.2) is 37.6 Å². The highest BCUT2D eigenvalue weighted by Gasteiger charge is 2.08. The Morgan fingerprint density at radius 2 is 1.75 bits per heavy atom. The van der Waals surface area contributed by atoms with Gasteiger partial charge in [-0.25, -0.2) is 0 Å². The zero-order valence-corrected chi connectivity index (χ0v) is 14.3. The molecule has 0 bridgehead atoms. The minimum Gasteiger partial charge on any atom is -0.372 e. The van der Waals surface area contributed by atoms with E-state index in [0.29, 0.717) is 5.56 Å². The van der Waals surface area contributed by atoms with Gasteiger partial charge in [-0.15, -0.1) is 0 Å². The van der Waals surface area contributed by atoms with Crippen LogP contribution < -0.4 is 4.90 Å². The number of halogens is 1. The third-order valence-electron chi connectivity index (χ3n) is 3.56. The number of anilines is 1. The van der Waals surface area contributed by atoms with Gasteiger partial charge in [0, 0.05) is 23.2 Å². The lowest BCUT2D eigenvalue weighted by Gasteiger charge is -2.25. The maximum atomic E-state index is 9.06. The summed E-state index contributed by atoms with van der Waals surface area (Å²) in [6.07, 6.45) is 1.14. The van der Waals surface area contributed by atoms with Crippen molar-refractivity contribution in [2.45, 2.75) is 27.2 Å². The predicted octanol–water partition coefficient (Wildman–Crippen LogP) is 3.88. The smallest absolute Gasteiger partial charge is 0.0992 e. The topological polar surface area (TPSA) is 30.3 Å². The van der Waals surface area contributed by atoms with Crippen LogP contribution >= 0.6 is 15.9 Å². The fourth-order valence-corrected chi connectivity index (χ4v) is 2.80.